The predicted octanol–water partition coefficient (Wildman–Crippen LogP) is 1.33. The number of benzene rings is 1. The number of aromatic amines is 1. The van der Waals surface area contributed by atoms with E-state index in [0.717, 1.165) is 22.2 Å². The van der Waals surface area contributed by atoms with Crippen LogP contribution in [0.25, 0.3) is 10.9 Å². The van der Waals surface area contributed by atoms with Gasteiger partial charge >= 0.3 is 5.97 Å². The van der Waals surface area contributed by atoms with E-state index >= 15 is 0 Å². The number of fused-ring (bicyclic) bond motifs is 1. The third-order valence-electron chi connectivity index (χ3n) is 3.62. The van der Waals surface area contributed by atoms with E-state index in [-0.39, 0.29) is 6.42 Å². The van der Waals surface area contributed by atoms with Crippen LogP contribution in [0.15, 0.2) is 24.3 Å². The van der Waals surface area contributed by atoms with Crippen molar-refractivity contribution in [1.82, 2.24) is 10.3 Å². The molecule has 0 saturated heterocycles. The van der Waals surface area contributed by atoms with Crippen molar-refractivity contribution >= 4 is 22.8 Å². The van der Waals surface area contributed by atoms with Crippen LogP contribution in [-0.4, -0.2) is 33.5 Å². The molecule has 6 heteroatoms. The van der Waals surface area contributed by atoms with Crippen molar-refractivity contribution in [2.45, 2.75) is 38.8 Å². The summed E-state index contributed by atoms with van der Waals surface area (Å²) in [7, 11) is 0. The molecule has 118 valence electrons. The van der Waals surface area contributed by atoms with Crippen LogP contribution in [0.5, 0.6) is 0 Å². The summed E-state index contributed by atoms with van der Waals surface area (Å²) in [4.78, 5) is 26.6. The lowest BCUT2D eigenvalue weighted by atomic mass is 10.0. The number of nitrogens with two attached hydrogens (primary N) is 1. The number of hydrogen-bond acceptors (Lipinski definition) is 3. The molecule has 22 heavy (non-hydrogen) atoms. The van der Waals surface area contributed by atoms with Gasteiger partial charge < -0.3 is 21.1 Å². The zero-order chi connectivity index (χ0) is 16.5. The number of aliphatic carboxylic acids is 1. The van der Waals surface area contributed by atoms with Crippen LogP contribution in [0.3, 0.4) is 0 Å². The van der Waals surface area contributed by atoms with Gasteiger partial charge in [-0.1, -0.05) is 18.2 Å². The number of H-pyrrole nitrogens is 1. The standard InChI is InChI=1S/C16H21N3O3/c1-9-11(10-6-4-5-7-12(10)18-9)8-13(14(20)21)19-15(22)16(2,3)17/h4-7,13,18H,8,17H2,1-3H3,(H,19,22)(H,20,21)/t13-/m1/s1. The average molecular weight is 303 g/mol. The molecule has 1 atom stereocenters. The van der Waals surface area contributed by atoms with Crippen molar-refractivity contribution in [3.63, 3.8) is 0 Å². The number of nitrogens with one attached hydrogen (secondary N) is 2. The second-order valence-corrected chi connectivity index (χ2v) is 6.06. The van der Waals surface area contributed by atoms with Gasteiger partial charge in [0.25, 0.3) is 0 Å². The topological polar surface area (TPSA) is 108 Å². The molecule has 2 aromatic rings. The molecule has 0 saturated carbocycles. The fourth-order valence-electron chi connectivity index (χ4n) is 2.35. The Morgan fingerprint density at radius 3 is 2.59 bits per heavy atom. The molecule has 0 aliphatic carbocycles. The lowest BCUT2D eigenvalue weighted by Crippen LogP contribution is -2.54. The molecular formula is C16H21N3O3. The highest BCUT2D eigenvalue weighted by Crippen LogP contribution is 2.23. The highest BCUT2D eigenvalue weighted by atomic mass is 16.4. The Morgan fingerprint density at radius 1 is 1.36 bits per heavy atom. The molecule has 2 rings (SSSR count). The number of carboxylic acid groups (broad SMARTS) is 1. The summed E-state index contributed by atoms with van der Waals surface area (Å²) >= 11 is 0. The number of para-hydroxylation sites is 1. The number of aryl methyl sites for hydroxylation is 1. The Balaban J connectivity index is 2.29. The molecule has 1 aromatic heterocycles. The smallest absolute Gasteiger partial charge is 0.326 e. The van der Waals surface area contributed by atoms with E-state index in [2.05, 4.69) is 10.3 Å². The van der Waals surface area contributed by atoms with Crippen LogP contribution in [-0.2, 0) is 16.0 Å². The maximum Gasteiger partial charge on any atom is 0.326 e. The van der Waals surface area contributed by atoms with Gasteiger partial charge in [-0.25, -0.2) is 4.79 Å². The number of aromatic nitrogens is 1. The van der Waals surface area contributed by atoms with Gasteiger partial charge in [-0.05, 0) is 32.4 Å². The van der Waals surface area contributed by atoms with E-state index in [0.29, 0.717) is 0 Å². The first kappa shape index (κ1) is 16.0. The van der Waals surface area contributed by atoms with Gasteiger partial charge in [0.15, 0.2) is 0 Å². The van der Waals surface area contributed by atoms with Gasteiger partial charge in [0.1, 0.15) is 6.04 Å². The van der Waals surface area contributed by atoms with Gasteiger partial charge in [-0.2, -0.15) is 0 Å². The zero-order valence-electron chi connectivity index (χ0n) is 12.9. The summed E-state index contributed by atoms with van der Waals surface area (Å²) in [6.07, 6.45) is 0.201. The number of carbonyl (C=O) groups is 2. The molecule has 0 bridgehead atoms. The van der Waals surface area contributed by atoms with Crippen LogP contribution < -0.4 is 11.1 Å². The van der Waals surface area contributed by atoms with E-state index in [4.69, 9.17) is 5.73 Å². The summed E-state index contributed by atoms with van der Waals surface area (Å²) in [5.41, 5.74) is 7.32. The minimum absolute atomic E-state index is 0.201. The van der Waals surface area contributed by atoms with Crippen molar-refractivity contribution < 1.29 is 14.7 Å². The molecule has 0 aliphatic rings. The van der Waals surface area contributed by atoms with Crippen LogP contribution >= 0.6 is 0 Å². The second kappa shape index (κ2) is 5.81. The van der Waals surface area contributed by atoms with Crippen LogP contribution in [0.1, 0.15) is 25.1 Å². The normalized spacial score (nSPS) is 13.1. The van der Waals surface area contributed by atoms with Crippen molar-refractivity contribution in [1.29, 1.82) is 0 Å². The van der Waals surface area contributed by atoms with Crippen LogP contribution in [0.2, 0.25) is 0 Å². The Labute approximate surface area is 128 Å². The Kier molecular flexibility index (Phi) is 4.23. The van der Waals surface area contributed by atoms with Crippen molar-refractivity contribution in [2.75, 3.05) is 0 Å². The molecule has 0 radical (unpaired) electrons. The van der Waals surface area contributed by atoms with E-state index in [1.165, 1.54) is 13.8 Å². The number of hydrogen-bond donors (Lipinski definition) is 4. The summed E-state index contributed by atoms with van der Waals surface area (Å²) in [6.45, 7) is 4.97. The molecule has 1 heterocycles. The van der Waals surface area contributed by atoms with Crippen molar-refractivity contribution in [3.8, 4) is 0 Å². The minimum Gasteiger partial charge on any atom is -0.480 e. The van der Waals surface area contributed by atoms with Gasteiger partial charge in [-0.15, -0.1) is 0 Å². The van der Waals surface area contributed by atoms with E-state index in [1.807, 2.05) is 31.2 Å². The second-order valence-electron chi connectivity index (χ2n) is 6.06. The predicted molar refractivity (Wildman–Crippen MR) is 84.6 cm³/mol. The van der Waals surface area contributed by atoms with Gasteiger partial charge in [0, 0.05) is 23.0 Å². The van der Waals surface area contributed by atoms with Gasteiger partial charge in [0.2, 0.25) is 5.91 Å². The quantitative estimate of drug-likeness (QED) is 0.668. The molecule has 0 aliphatic heterocycles. The maximum atomic E-state index is 11.9. The van der Waals surface area contributed by atoms with E-state index in [1.54, 1.807) is 0 Å². The lowest BCUT2D eigenvalue weighted by molar-refractivity contribution is -0.142. The molecule has 5 N–H and O–H groups in total. The monoisotopic (exact) mass is 303 g/mol. The average Bonchev–Trinajstić information content (AvgIpc) is 2.73. The zero-order valence-corrected chi connectivity index (χ0v) is 12.9. The maximum absolute atomic E-state index is 11.9. The summed E-state index contributed by atoms with van der Waals surface area (Å²) < 4.78 is 0. The first-order valence-electron chi connectivity index (χ1n) is 7.09. The van der Waals surface area contributed by atoms with Crippen molar-refractivity contribution in [2.24, 2.45) is 5.73 Å². The fourth-order valence-corrected chi connectivity index (χ4v) is 2.35. The first-order valence-corrected chi connectivity index (χ1v) is 7.09. The number of amides is 1. The minimum atomic E-state index is -1.12. The molecule has 0 unspecified atom stereocenters. The van der Waals surface area contributed by atoms with Crippen LogP contribution in [0.4, 0.5) is 0 Å². The SMILES string of the molecule is Cc1[nH]c2ccccc2c1C[C@@H](NC(=O)C(C)(C)N)C(=O)O. The number of rotatable bonds is 5. The third kappa shape index (κ3) is 3.28. The van der Waals surface area contributed by atoms with Crippen molar-refractivity contribution in [3.05, 3.63) is 35.5 Å². The highest BCUT2D eigenvalue weighted by molar-refractivity contribution is 5.90. The molecule has 0 spiro atoms. The third-order valence-corrected chi connectivity index (χ3v) is 3.62. The summed E-state index contributed by atoms with van der Waals surface area (Å²) in [5.74, 6) is -1.57. The van der Waals surface area contributed by atoms with E-state index in [9.17, 15) is 14.7 Å². The largest absolute Gasteiger partial charge is 0.480 e. The summed E-state index contributed by atoms with van der Waals surface area (Å²) in [5, 5.41) is 12.9. The molecule has 1 aromatic carbocycles. The molecule has 0 fully saturated rings. The first-order chi connectivity index (χ1) is 10.2. The lowest BCUT2D eigenvalue weighted by Gasteiger charge is -2.22. The molecule has 1 amide bonds. The molecular weight excluding hydrogens is 282 g/mol. The van der Waals surface area contributed by atoms with Gasteiger partial charge in [-0.3, -0.25) is 4.79 Å². The number of carbonyl (C=O) groups excluding carboxylic acids is 1. The summed E-state index contributed by atoms with van der Waals surface area (Å²) in [6, 6.07) is 6.66. The van der Waals surface area contributed by atoms with Crippen LogP contribution in [0, 0.1) is 6.92 Å². The Hall–Kier alpha value is -2.34. The van der Waals surface area contributed by atoms with E-state index < -0.39 is 23.5 Å². The Morgan fingerprint density at radius 2 is 2.00 bits per heavy atom. The van der Waals surface area contributed by atoms with Gasteiger partial charge in [0.05, 0.1) is 5.54 Å². The number of carboxylic acids is 1. The fraction of sp³-hybridized carbons (Fsp3) is 0.375. The molecule has 6 nitrogen and oxygen atoms in total. The highest BCUT2D eigenvalue weighted by Gasteiger charge is 2.28. The Bertz CT molecular complexity index is 713.